The molecule has 0 bridgehead atoms. The third kappa shape index (κ3) is 4.68. The van der Waals surface area contributed by atoms with E-state index in [4.69, 9.17) is 10.5 Å². The molecule has 3 N–H and O–H groups in total. The first-order valence-electron chi connectivity index (χ1n) is 11.8. The number of benzene rings is 1. The van der Waals surface area contributed by atoms with Crippen molar-refractivity contribution in [3.8, 4) is 5.75 Å². The summed E-state index contributed by atoms with van der Waals surface area (Å²) in [6.45, 7) is 7.94. The lowest BCUT2D eigenvalue weighted by Gasteiger charge is -2.36. The van der Waals surface area contributed by atoms with Gasteiger partial charge in [0.1, 0.15) is 11.7 Å². The van der Waals surface area contributed by atoms with E-state index in [0.29, 0.717) is 31.6 Å². The van der Waals surface area contributed by atoms with Crippen LogP contribution in [0.1, 0.15) is 65.0 Å². The summed E-state index contributed by atoms with van der Waals surface area (Å²) in [5.74, 6) is -6.40. The molecule has 3 atom stereocenters. The summed E-state index contributed by atoms with van der Waals surface area (Å²) in [5, 5.41) is 2.75. The van der Waals surface area contributed by atoms with Crippen molar-refractivity contribution in [2.75, 3.05) is 13.2 Å². The van der Waals surface area contributed by atoms with E-state index in [1.807, 2.05) is 45.9 Å². The smallest absolute Gasteiger partial charge is 0.265 e. The molecule has 2 amide bonds. The molecule has 1 aromatic rings. The van der Waals surface area contributed by atoms with Gasteiger partial charge >= 0.3 is 0 Å². The largest absolute Gasteiger partial charge is 0.493 e. The summed E-state index contributed by atoms with van der Waals surface area (Å²) < 4.78 is 34.7. The highest BCUT2D eigenvalue weighted by Gasteiger charge is 2.72. The Morgan fingerprint density at radius 1 is 1.27 bits per heavy atom. The third-order valence-corrected chi connectivity index (χ3v) is 6.86. The molecule has 2 aliphatic heterocycles. The van der Waals surface area contributed by atoms with E-state index in [1.165, 1.54) is 0 Å². The number of alkyl halides is 2. The zero-order valence-corrected chi connectivity index (χ0v) is 19.7. The molecule has 0 radical (unpaired) electrons. The Kier molecular flexibility index (Phi) is 7.29. The SMILES string of the molecule is CC.CCC1(CC)CC(=O)N(C[C@@H]2C(C(=O)N[C@H]3CCOc4ccccc43)C2(F)F)C(N)=N1. The van der Waals surface area contributed by atoms with Crippen LogP contribution in [-0.2, 0) is 9.59 Å². The maximum absolute atomic E-state index is 14.6. The van der Waals surface area contributed by atoms with E-state index in [0.717, 1.165) is 10.5 Å². The number of nitrogens with one attached hydrogen (secondary N) is 1. The van der Waals surface area contributed by atoms with Crippen LogP contribution < -0.4 is 15.8 Å². The van der Waals surface area contributed by atoms with Crippen LogP contribution in [0.5, 0.6) is 5.75 Å². The number of rotatable bonds is 6. The van der Waals surface area contributed by atoms with Gasteiger partial charge in [-0.3, -0.25) is 14.5 Å². The molecule has 1 unspecified atom stereocenters. The van der Waals surface area contributed by atoms with Gasteiger partial charge in [-0.25, -0.2) is 13.8 Å². The normalized spacial score (nSPS) is 26.7. The van der Waals surface area contributed by atoms with Crippen molar-refractivity contribution < 1.29 is 23.1 Å². The number of para-hydroxylation sites is 1. The third-order valence-electron chi connectivity index (χ3n) is 6.86. The molecule has 3 aliphatic rings. The molecule has 1 saturated carbocycles. The zero-order valence-electron chi connectivity index (χ0n) is 19.7. The fraction of sp³-hybridized carbons (Fsp3) is 0.625. The minimum atomic E-state index is -3.20. The fourth-order valence-corrected chi connectivity index (χ4v) is 4.63. The molecule has 4 rings (SSSR count). The molecular weight excluding hydrogens is 430 g/mol. The summed E-state index contributed by atoms with van der Waals surface area (Å²) in [5.41, 5.74) is 6.19. The summed E-state index contributed by atoms with van der Waals surface area (Å²) in [4.78, 5) is 30.9. The first-order chi connectivity index (χ1) is 15.7. The lowest BCUT2D eigenvalue weighted by Crippen LogP contribution is -2.52. The quantitative estimate of drug-likeness (QED) is 0.672. The predicted molar refractivity (Wildman–Crippen MR) is 122 cm³/mol. The molecule has 9 heteroatoms. The maximum atomic E-state index is 14.6. The highest BCUT2D eigenvalue weighted by Crippen LogP contribution is 2.56. The van der Waals surface area contributed by atoms with Crippen molar-refractivity contribution in [2.45, 2.75) is 70.9 Å². The van der Waals surface area contributed by atoms with Gasteiger partial charge in [0.25, 0.3) is 5.92 Å². The van der Waals surface area contributed by atoms with Crippen molar-refractivity contribution in [3.63, 3.8) is 0 Å². The topological polar surface area (TPSA) is 97.0 Å². The van der Waals surface area contributed by atoms with Gasteiger partial charge < -0.3 is 15.8 Å². The number of carbonyl (C=O) groups is 2. The van der Waals surface area contributed by atoms with Crippen molar-refractivity contribution >= 4 is 17.8 Å². The number of guanidine groups is 1. The fourth-order valence-electron chi connectivity index (χ4n) is 4.63. The van der Waals surface area contributed by atoms with Crippen LogP contribution in [0.25, 0.3) is 0 Å². The number of fused-ring (bicyclic) bond motifs is 1. The van der Waals surface area contributed by atoms with Crippen LogP contribution in [0.3, 0.4) is 0 Å². The van der Waals surface area contributed by atoms with Crippen LogP contribution in [0.15, 0.2) is 29.3 Å². The molecule has 0 saturated heterocycles. The number of nitrogens with two attached hydrogens (primary N) is 1. The highest BCUT2D eigenvalue weighted by molar-refractivity contribution is 5.99. The molecular formula is C24H34F2N4O3. The van der Waals surface area contributed by atoms with Crippen LogP contribution in [0.2, 0.25) is 0 Å². The number of hydrogen-bond acceptors (Lipinski definition) is 5. The second-order valence-corrected chi connectivity index (χ2v) is 8.58. The first kappa shape index (κ1) is 24.9. The average molecular weight is 465 g/mol. The van der Waals surface area contributed by atoms with Crippen molar-refractivity contribution in [1.29, 1.82) is 0 Å². The number of carbonyl (C=O) groups excluding carboxylic acids is 2. The van der Waals surface area contributed by atoms with Gasteiger partial charge in [-0.15, -0.1) is 0 Å². The standard InChI is InChI=1S/C22H28F2N4O3.C2H6/c1-3-21(4-2)11-17(29)28(20(25)27-21)12-14-18(22(14,23)24)19(30)26-15-9-10-31-16-8-6-5-7-13(15)16;1-2/h5-8,14-15,18H,3-4,9-12H2,1-2H3,(H2,25,27)(H,26,30);1-2H3/t14-,15+,18?;/m1./s1. The maximum Gasteiger partial charge on any atom is 0.265 e. The van der Waals surface area contributed by atoms with Gasteiger partial charge in [-0.05, 0) is 18.9 Å². The van der Waals surface area contributed by atoms with E-state index < -0.39 is 29.2 Å². The Morgan fingerprint density at radius 3 is 2.58 bits per heavy atom. The van der Waals surface area contributed by atoms with Crippen LogP contribution >= 0.6 is 0 Å². The number of aliphatic imine (C=N–C) groups is 1. The Morgan fingerprint density at radius 2 is 1.94 bits per heavy atom. The van der Waals surface area contributed by atoms with E-state index in [9.17, 15) is 18.4 Å². The van der Waals surface area contributed by atoms with E-state index in [-0.39, 0.29) is 30.9 Å². The second kappa shape index (κ2) is 9.65. The van der Waals surface area contributed by atoms with Crippen LogP contribution in [-0.4, -0.2) is 47.3 Å². The summed E-state index contributed by atoms with van der Waals surface area (Å²) in [6, 6.07) is 6.87. The van der Waals surface area contributed by atoms with Gasteiger partial charge in [0.15, 0.2) is 5.96 Å². The molecule has 7 nitrogen and oxygen atoms in total. The lowest BCUT2D eigenvalue weighted by atomic mass is 9.88. The van der Waals surface area contributed by atoms with Gasteiger partial charge in [0.2, 0.25) is 11.8 Å². The van der Waals surface area contributed by atoms with Gasteiger partial charge in [-0.1, -0.05) is 45.9 Å². The summed E-state index contributed by atoms with van der Waals surface area (Å²) in [7, 11) is 0. The molecule has 2 heterocycles. The summed E-state index contributed by atoms with van der Waals surface area (Å²) in [6.07, 6.45) is 1.92. The highest BCUT2D eigenvalue weighted by atomic mass is 19.3. The van der Waals surface area contributed by atoms with E-state index >= 15 is 0 Å². The lowest BCUT2D eigenvalue weighted by molar-refractivity contribution is -0.130. The minimum absolute atomic E-state index is 0.0415. The van der Waals surface area contributed by atoms with E-state index in [2.05, 4.69) is 10.3 Å². The zero-order chi connectivity index (χ0) is 24.4. The van der Waals surface area contributed by atoms with E-state index in [1.54, 1.807) is 6.07 Å². The Hall–Kier alpha value is -2.71. The Bertz CT molecular complexity index is 917. The molecule has 0 aromatic heterocycles. The van der Waals surface area contributed by atoms with Gasteiger partial charge in [-0.2, -0.15) is 0 Å². The predicted octanol–water partition coefficient (Wildman–Crippen LogP) is 3.64. The Balaban J connectivity index is 0.00000149. The molecule has 1 fully saturated rings. The van der Waals surface area contributed by atoms with Crippen LogP contribution in [0.4, 0.5) is 8.78 Å². The number of hydrogen-bond donors (Lipinski definition) is 2. The monoisotopic (exact) mass is 464 g/mol. The molecule has 0 spiro atoms. The molecule has 1 aromatic carbocycles. The van der Waals surface area contributed by atoms with Crippen molar-refractivity contribution in [2.24, 2.45) is 22.6 Å². The van der Waals surface area contributed by atoms with Gasteiger partial charge in [0, 0.05) is 18.5 Å². The number of amides is 2. The average Bonchev–Trinajstić information content (AvgIpc) is 3.37. The minimum Gasteiger partial charge on any atom is -0.493 e. The Labute approximate surface area is 193 Å². The summed E-state index contributed by atoms with van der Waals surface area (Å²) >= 11 is 0. The second-order valence-electron chi connectivity index (χ2n) is 8.58. The number of halogens is 2. The molecule has 182 valence electrons. The van der Waals surface area contributed by atoms with Crippen molar-refractivity contribution in [1.82, 2.24) is 10.2 Å². The molecule has 33 heavy (non-hydrogen) atoms. The number of ether oxygens (including phenoxy) is 1. The molecule has 1 aliphatic carbocycles. The first-order valence-corrected chi connectivity index (χ1v) is 11.8. The van der Waals surface area contributed by atoms with Gasteiger partial charge in [0.05, 0.1) is 30.5 Å². The van der Waals surface area contributed by atoms with Crippen molar-refractivity contribution in [3.05, 3.63) is 29.8 Å². The number of nitrogens with zero attached hydrogens (tertiary/aromatic N) is 2. The van der Waals surface area contributed by atoms with Crippen LogP contribution in [0, 0.1) is 11.8 Å².